The molecule has 0 N–H and O–H groups in total. The summed E-state index contributed by atoms with van der Waals surface area (Å²) in [4.78, 5) is 3.40. The van der Waals surface area contributed by atoms with Crippen LogP contribution in [0.5, 0.6) is 11.5 Å². The van der Waals surface area contributed by atoms with Crippen LogP contribution in [0.1, 0.15) is 24.7 Å². The molecule has 2 aromatic heterocycles. The highest BCUT2D eigenvalue weighted by atomic mass is 32.2. The number of hydrogen-bond donors (Lipinski definition) is 0. The van der Waals surface area contributed by atoms with Crippen molar-refractivity contribution in [3.8, 4) is 17.6 Å². The van der Waals surface area contributed by atoms with Gasteiger partial charge in [-0.3, -0.25) is 0 Å². The number of nitriles is 1. The first-order chi connectivity index (χ1) is 13.4. The number of aromatic nitrogens is 3. The molecule has 3 aromatic rings. The number of alkyl halides is 4. The summed E-state index contributed by atoms with van der Waals surface area (Å²) in [5.41, 5.74) is -0.665. The number of rotatable bonds is 2. The number of fused-ring (bicyclic) bond motifs is 2. The lowest BCUT2D eigenvalue weighted by Crippen LogP contribution is -2.52. The second-order valence-corrected chi connectivity index (χ2v) is 7.72. The maximum Gasteiger partial charge on any atom is 0.507 e. The van der Waals surface area contributed by atoms with E-state index in [0.717, 1.165) is 12.1 Å². The highest BCUT2D eigenvalue weighted by Gasteiger charge is 2.66. The average molecular weight is 448 g/mol. The zero-order valence-electron chi connectivity index (χ0n) is 14.4. The molecule has 0 atom stereocenters. The van der Waals surface area contributed by atoms with Gasteiger partial charge in [0, 0.05) is 12.1 Å². The molecule has 0 amide bonds. The molecule has 0 spiro atoms. The molecule has 1 aliphatic rings. The van der Waals surface area contributed by atoms with Crippen LogP contribution in [0, 0.1) is 25.2 Å². The normalized spacial score (nSPS) is 16.7. The zero-order chi connectivity index (χ0) is 21.4. The third kappa shape index (κ3) is 2.76. The molecule has 9 nitrogen and oxygen atoms in total. The van der Waals surface area contributed by atoms with Crippen molar-refractivity contribution < 1.29 is 40.0 Å². The van der Waals surface area contributed by atoms with Crippen LogP contribution in [0.3, 0.4) is 0 Å². The highest BCUT2D eigenvalue weighted by Crippen LogP contribution is 2.48. The lowest BCUT2D eigenvalue weighted by molar-refractivity contribution is -0.391. The van der Waals surface area contributed by atoms with Crippen molar-refractivity contribution in [3.63, 3.8) is 0 Å². The summed E-state index contributed by atoms with van der Waals surface area (Å²) in [7, 11) is -4.52. The van der Waals surface area contributed by atoms with Crippen molar-refractivity contribution >= 4 is 21.1 Å². The van der Waals surface area contributed by atoms with Gasteiger partial charge in [-0.05, 0) is 13.8 Å². The van der Waals surface area contributed by atoms with Crippen LogP contribution in [-0.4, -0.2) is 34.7 Å². The molecule has 1 aliphatic heterocycles. The van der Waals surface area contributed by atoms with Gasteiger partial charge in [-0.1, -0.05) is 12.6 Å². The molecule has 0 saturated heterocycles. The van der Waals surface area contributed by atoms with Gasteiger partial charge in [-0.25, -0.2) is 17.4 Å². The lowest BCUT2D eigenvalue weighted by atomic mass is 10.2. The standard InChI is InChI=1S/C15H8F4N4O5S.CH4/c1-6-13(7(2)28-22-6)29(24,25)23-9-4-11-10(3-8(9)21-12(23)5-20)26-14(16,17)15(18,19)27-11;/h3-4H,1-2H3;1H4. The quantitative estimate of drug-likeness (QED) is 0.548. The second-order valence-electron chi connectivity index (χ2n) is 6.00. The smallest absolute Gasteiger partial charge is 0.421 e. The van der Waals surface area contributed by atoms with Crippen molar-refractivity contribution in [3.05, 3.63) is 29.4 Å². The first kappa shape index (κ1) is 21.4. The molecule has 0 radical (unpaired) electrons. The third-order valence-corrected chi connectivity index (χ3v) is 6.01. The molecule has 14 heteroatoms. The molecule has 0 aliphatic carbocycles. The Balaban J connectivity index is 0.00000256. The van der Waals surface area contributed by atoms with E-state index in [-0.39, 0.29) is 34.8 Å². The molecule has 0 saturated carbocycles. The Morgan fingerprint density at radius 1 is 1.10 bits per heavy atom. The van der Waals surface area contributed by atoms with Crippen LogP contribution in [0.25, 0.3) is 11.0 Å². The number of halogens is 4. The van der Waals surface area contributed by atoms with E-state index in [9.17, 15) is 31.2 Å². The molecule has 3 heterocycles. The summed E-state index contributed by atoms with van der Waals surface area (Å²) in [6.45, 7) is 2.66. The molecule has 30 heavy (non-hydrogen) atoms. The SMILES string of the molecule is C.Cc1noc(C)c1S(=O)(=O)n1c(C#N)nc2cc3c(cc21)OC(F)(F)C(F)(F)O3. The molecule has 160 valence electrons. The van der Waals surface area contributed by atoms with E-state index < -0.39 is 39.6 Å². The Labute approximate surface area is 166 Å². The second kappa shape index (κ2) is 6.33. The molecule has 1 aromatic carbocycles. The maximum atomic E-state index is 13.5. The minimum absolute atomic E-state index is 0. The van der Waals surface area contributed by atoms with E-state index in [0.29, 0.717) is 3.97 Å². The van der Waals surface area contributed by atoms with Crippen LogP contribution < -0.4 is 9.47 Å². The van der Waals surface area contributed by atoms with Crippen LogP contribution >= 0.6 is 0 Å². The van der Waals surface area contributed by atoms with E-state index in [1.165, 1.54) is 13.8 Å². The fourth-order valence-corrected chi connectivity index (χ4v) is 4.57. The molecule has 0 bridgehead atoms. The lowest BCUT2D eigenvalue weighted by Gasteiger charge is -2.31. The fraction of sp³-hybridized carbons (Fsp3) is 0.312. The number of aryl methyl sites for hydroxylation is 2. The van der Waals surface area contributed by atoms with Crippen molar-refractivity contribution in [1.29, 1.82) is 5.26 Å². The summed E-state index contributed by atoms with van der Waals surface area (Å²) in [5, 5.41) is 12.8. The van der Waals surface area contributed by atoms with Crippen molar-refractivity contribution in [2.45, 2.75) is 38.4 Å². The zero-order valence-corrected chi connectivity index (χ0v) is 15.2. The largest absolute Gasteiger partial charge is 0.507 e. The maximum absolute atomic E-state index is 13.5. The first-order valence-corrected chi connectivity index (χ1v) is 9.12. The van der Waals surface area contributed by atoms with Gasteiger partial charge < -0.3 is 14.0 Å². The molecular formula is C16H12F4N4O5S. The summed E-state index contributed by atoms with van der Waals surface area (Å²) in [6.07, 6.45) is -9.96. The van der Waals surface area contributed by atoms with Crippen LogP contribution in [0.4, 0.5) is 17.6 Å². The van der Waals surface area contributed by atoms with Gasteiger partial charge >= 0.3 is 12.2 Å². The fourth-order valence-electron chi connectivity index (χ4n) is 2.87. The minimum Gasteiger partial charge on any atom is -0.421 e. The Kier molecular flexibility index (Phi) is 4.51. The summed E-state index contributed by atoms with van der Waals surface area (Å²) in [6, 6.07) is 3.05. The van der Waals surface area contributed by atoms with E-state index in [2.05, 4.69) is 19.6 Å². The van der Waals surface area contributed by atoms with Gasteiger partial charge in [0.1, 0.15) is 11.8 Å². The van der Waals surface area contributed by atoms with Crippen LogP contribution in [0.2, 0.25) is 0 Å². The van der Waals surface area contributed by atoms with Crippen molar-refractivity contribution in [2.75, 3.05) is 0 Å². The van der Waals surface area contributed by atoms with Crippen LogP contribution in [-0.2, 0) is 10.0 Å². The summed E-state index contributed by atoms with van der Waals surface area (Å²) < 4.78 is 93.3. The van der Waals surface area contributed by atoms with Crippen LogP contribution in [0.15, 0.2) is 21.6 Å². The minimum atomic E-state index is -5.00. The Bertz CT molecular complexity index is 1300. The topological polar surface area (TPSA) is 120 Å². The number of nitrogens with zero attached hydrogens (tertiary/aromatic N) is 4. The molecule has 0 fully saturated rings. The van der Waals surface area contributed by atoms with Gasteiger partial charge in [0.25, 0.3) is 10.0 Å². The Morgan fingerprint density at radius 3 is 2.17 bits per heavy atom. The Morgan fingerprint density at radius 2 is 1.67 bits per heavy atom. The molecule has 0 unspecified atom stereocenters. The highest BCUT2D eigenvalue weighted by molar-refractivity contribution is 7.90. The van der Waals surface area contributed by atoms with Crippen molar-refractivity contribution in [2.24, 2.45) is 0 Å². The molecular weight excluding hydrogens is 436 g/mol. The van der Waals surface area contributed by atoms with Gasteiger partial charge in [-0.2, -0.15) is 22.8 Å². The number of ether oxygens (including phenoxy) is 2. The molecule has 4 rings (SSSR count). The van der Waals surface area contributed by atoms with E-state index in [1.54, 1.807) is 6.07 Å². The third-order valence-electron chi connectivity index (χ3n) is 4.06. The van der Waals surface area contributed by atoms with E-state index >= 15 is 0 Å². The number of benzene rings is 1. The average Bonchev–Trinajstić information content (AvgIpc) is 3.13. The summed E-state index contributed by atoms with van der Waals surface area (Å²) >= 11 is 0. The first-order valence-electron chi connectivity index (χ1n) is 7.68. The van der Waals surface area contributed by atoms with Gasteiger partial charge in [-0.15, -0.1) is 0 Å². The van der Waals surface area contributed by atoms with E-state index in [4.69, 9.17) is 4.52 Å². The summed E-state index contributed by atoms with van der Waals surface area (Å²) in [5.74, 6) is -2.39. The van der Waals surface area contributed by atoms with Gasteiger partial charge in [0.15, 0.2) is 22.2 Å². The Hall–Kier alpha value is -3.34. The number of imidazole rings is 1. The predicted octanol–water partition coefficient (Wildman–Crippen LogP) is 3.34. The van der Waals surface area contributed by atoms with E-state index in [1.807, 2.05) is 0 Å². The van der Waals surface area contributed by atoms with Gasteiger partial charge in [0.05, 0.1) is 11.0 Å². The van der Waals surface area contributed by atoms with Gasteiger partial charge in [0.2, 0.25) is 5.82 Å². The number of hydrogen-bond acceptors (Lipinski definition) is 8. The predicted molar refractivity (Wildman–Crippen MR) is 90.9 cm³/mol. The monoisotopic (exact) mass is 448 g/mol. The van der Waals surface area contributed by atoms with Crippen molar-refractivity contribution in [1.82, 2.24) is 14.1 Å².